The molecule has 2 aromatic rings. The second kappa shape index (κ2) is 10.9. The van der Waals surface area contributed by atoms with Crippen LogP contribution in [0.2, 0.25) is 0 Å². The van der Waals surface area contributed by atoms with E-state index >= 15 is 0 Å². The van der Waals surface area contributed by atoms with E-state index in [9.17, 15) is 0 Å². The summed E-state index contributed by atoms with van der Waals surface area (Å²) >= 11 is 0. The first-order valence-electron chi connectivity index (χ1n) is 10.8. The highest BCUT2D eigenvalue weighted by Crippen LogP contribution is 2.32. The van der Waals surface area contributed by atoms with Crippen LogP contribution in [-0.2, 0) is 0 Å². The molecule has 166 valence electrons. The van der Waals surface area contributed by atoms with Crippen molar-refractivity contribution in [2.75, 3.05) is 24.9 Å². The molecule has 0 radical (unpaired) electrons. The number of nitrogens with one attached hydrogen (secondary N) is 2. The predicted molar refractivity (Wildman–Crippen MR) is 122 cm³/mol. The second-order valence-electron chi connectivity index (χ2n) is 7.35. The standard InChI is InChI=1S/C22H36N6O2/c1-9-15(10-2)25-19-21(29-7)27-17(13(5)23-19)18-14(6)24-20(22(28-18)30-8)26-16(11-3)12-4/h15-16H,9-12H2,1-8H3,(H,23,25)(H,24,26). The minimum Gasteiger partial charge on any atom is -0.478 e. The first-order chi connectivity index (χ1) is 14.4. The van der Waals surface area contributed by atoms with Crippen LogP contribution in [0.25, 0.3) is 11.4 Å². The summed E-state index contributed by atoms with van der Waals surface area (Å²) in [7, 11) is 3.20. The van der Waals surface area contributed by atoms with Crippen molar-refractivity contribution in [1.29, 1.82) is 0 Å². The Labute approximate surface area is 180 Å². The van der Waals surface area contributed by atoms with Crippen LogP contribution in [0, 0.1) is 13.8 Å². The van der Waals surface area contributed by atoms with E-state index < -0.39 is 0 Å². The van der Waals surface area contributed by atoms with Crippen molar-refractivity contribution in [2.24, 2.45) is 0 Å². The SMILES string of the molecule is CCC(CC)Nc1nc(C)c(-c2nc(OC)c(NC(CC)CC)nc2C)nc1OC. The number of anilines is 2. The summed E-state index contributed by atoms with van der Waals surface area (Å²) in [6, 6.07) is 0.631. The molecule has 0 aliphatic rings. The Bertz CT molecular complexity index is 765. The molecule has 2 rings (SSSR count). The van der Waals surface area contributed by atoms with E-state index in [2.05, 4.69) is 38.3 Å². The zero-order chi connectivity index (χ0) is 22.3. The fourth-order valence-electron chi connectivity index (χ4n) is 3.30. The van der Waals surface area contributed by atoms with E-state index in [1.54, 1.807) is 14.2 Å². The van der Waals surface area contributed by atoms with Crippen LogP contribution in [0.4, 0.5) is 11.6 Å². The van der Waals surface area contributed by atoms with Gasteiger partial charge in [-0.15, -0.1) is 0 Å². The van der Waals surface area contributed by atoms with Gasteiger partial charge in [0.2, 0.25) is 0 Å². The lowest BCUT2D eigenvalue weighted by Gasteiger charge is -2.20. The normalized spacial score (nSPS) is 11.1. The zero-order valence-corrected chi connectivity index (χ0v) is 19.6. The Morgan fingerprint density at radius 2 is 0.967 bits per heavy atom. The highest BCUT2D eigenvalue weighted by atomic mass is 16.5. The first-order valence-corrected chi connectivity index (χ1v) is 10.8. The number of nitrogens with zero attached hydrogens (tertiary/aromatic N) is 4. The lowest BCUT2D eigenvalue weighted by molar-refractivity contribution is 0.395. The number of ether oxygens (including phenoxy) is 2. The smallest absolute Gasteiger partial charge is 0.257 e. The molecule has 0 unspecified atom stereocenters. The van der Waals surface area contributed by atoms with Crippen LogP contribution in [0.5, 0.6) is 11.8 Å². The predicted octanol–water partition coefficient (Wildman–Crippen LogP) is 4.77. The number of hydrogen-bond donors (Lipinski definition) is 2. The van der Waals surface area contributed by atoms with Gasteiger partial charge in [-0.2, -0.15) is 0 Å². The molecule has 8 nitrogen and oxygen atoms in total. The molecule has 0 saturated carbocycles. The fourth-order valence-corrected chi connectivity index (χ4v) is 3.30. The quantitative estimate of drug-likeness (QED) is 0.541. The van der Waals surface area contributed by atoms with Gasteiger partial charge in [0.05, 0.1) is 25.6 Å². The highest BCUT2D eigenvalue weighted by molar-refractivity contribution is 5.66. The van der Waals surface area contributed by atoms with Gasteiger partial charge in [0.25, 0.3) is 11.8 Å². The minimum atomic E-state index is 0.315. The van der Waals surface area contributed by atoms with Crippen LogP contribution in [-0.4, -0.2) is 46.2 Å². The van der Waals surface area contributed by atoms with E-state index in [4.69, 9.17) is 29.4 Å². The summed E-state index contributed by atoms with van der Waals surface area (Å²) in [5, 5.41) is 6.86. The average molecular weight is 417 g/mol. The molecule has 0 amide bonds. The molecule has 2 heterocycles. The fraction of sp³-hybridized carbons (Fsp3) is 0.636. The van der Waals surface area contributed by atoms with E-state index in [1.807, 2.05) is 13.8 Å². The second-order valence-corrected chi connectivity index (χ2v) is 7.35. The third-order valence-electron chi connectivity index (χ3n) is 5.34. The van der Waals surface area contributed by atoms with E-state index in [0.717, 1.165) is 37.1 Å². The minimum absolute atomic E-state index is 0.315. The van der Waals surface area contributed by atoms with Crippen LogP contribution >= 0.6 is 0 Å². The van der Waals surface area contributed by atoms with Gasteiger partial charge in [0, 0.05) is 12.1 Å². The Kier molecular flexibility index (Phi) is 8.62. The summed E-state index contributed by atoms with van der Waals surface area (Å²) in [5.74, 6) is 2.19. The molecule has 2 aromatic heterocycles. The third kappa shape index (κ3) is 5.29. The number of aromatic nitrogens is 4. The number of rotatable bonds is 11. The topological polar surface area (TPSA) is 94.1 Å². The zero-order valence-electron chi connectivity index (χ0n) is 19.6. The van der Waals surface area contributed by atoms with E-state index in [-0.39, 0.29) is 0 Å². The van der Waals surface area contributed by atoms with E-state index in [0.29, 0.717) is 46.9 Å². The van der Waals surface area contributed by atoms with Crippen molar-refractivity contribution >= 4 is 11.6 Å². The summed E-state index contributed by atoms with van der Waals surface area (Å²) in [5.41, 5.74) is 2.78. The molecule has 0 spiro atoms. The Morgan fingerprint density at radius 3 is 1.23 bits per heavy atom. The molecule has 0 saturated heterocycles. The maximum atomic E-state index is 5.53. The van der Waals surface area contributed by atoms with Crippen LogP contribution in [0.3, 0.4) is 0 Å². The number of methoxy groups -OCH3 is 2. The lowest BCUT2D eigenvalue weighted by atomic mass is 10.1. The maximum absolute atomic E-state index is 5.53. The third-order valence-corrected chi connectivity index (χ3v) is 5.34. The summed E-state index contributed by atoms with van der Waals surface area (Å²) in [4.78, 5) is 18.9. The number of hydrogen-bond acceptors (Lipinski definition) is 8. The maximum Gasteiger partial charge on any atom is 0.257 e. The Morgan fingerprint density at radius 1 is 0.633 bits per heavy atom. The van der Waals surface area contributed by atoms with Crippen molar-refractivity contribution in [2.45, 2.75) is 79.3 Å². The lowest BCUT2D eigenvalue weighted by Crippen LogP contribution is -2.20. The van der Waals surface area contributed by atoms with Gasteiger partial charge in [-0.05, 0) is 39.5 Å². The van der Waals surface area contributed by atoms with Gasteiger partial charge >= 0.3 is 0 Å². The number of aryl methyl sites for hydroxylation is 2. The first kappa shape index (κ1) is 23.6. The molecule has 30 heavy (non-hydrogen) atoms. The Balaban J connectivity index is 2.50. The van der Waals surface area contributed by atoms with Gasteiger partial charge < -0.3 is 20.1 Å². The van der Waals surface area contributed by atoms with Gasteiger partial charge in [-0.3, -0.25) is 0 Å². The summed E-state index contributed by atoms with van der Waals surface area (Å²) < 4.78 is 11.1. The molecule has 0 atom stereocenters. The van der Waals surface area contributed by atoms with Crippen LogP contribution in [0.15, 0.2) is 0 Å². The average Bonchev–Trinajstić information content (AvgIpc) is 2.76. The van der Waals surface area contributed by atoms with Crippen LogP contribution in [0.1, 0.15) is 64.8 Å². The van der Waals surface area contributed by atoms with Crippen molar-refractivity contribution in [3.63, 3.8) is 0 Å². The van der Waals surface area contributed by atoms with Gasteiger partial charge in [0.1, 0.15) is 11.4 Å². The largest absolute Gasteiger partial charge is 0.478 e. The van der Waals surface area contributed by atoms with Crippen molar-refractivity contribution in [1.82, 2.24) is 19.9 Å². The summed E-state index contributed by atoms with van der Waals surface area (Å²) in [6.45, 7) is 12.4. The molecular weight excluding hydrogens is 380 g/mol. The Hall–Kier alpha value is -2.64. The van der Waals surface area contributed by atoms with E-state index in [1.165, 1.54) is 0 Å². The van der Waals surface area contributed by atoms with Crippen molar-refractivity contribution in [3.8, 4) is 23.1 Å². The highest BCUT2D eigenvalue weighted by Gasteiger charge is 2.21. The monoisotopic (exact) mass is 416 g/mol. The summed E-state index contributed by atoms with van der Waals surface area (Å²) in [6.07, 6.45) is 3.98. The van der Waals surface area contributed by atoms with Gasteiger partial charge in [-0.25, -0.2) is 19.9 Å². The molecule has 2 N–H and O–H groups in total. The molecule has 0 fully saturated rings. The molecular formula is C22H36N6O2. The molecule has 8 heteroatoms. The van der Waals surface area contributed by atoms with Crippen LogP contribution < -0.4 is 20.1 Å². The molecule has 0 aliphatic carbocycles. The molecule has 0 bridgehead atoms. The molecule has 0 aromatic carbocycles. The van der Waals surface area contributed by atoms with Gasteiger partial charge in [-0.1, -0.05) is 27.7 Å². The molecule has 0 aliphatic heterocycles. The van der Waals surface area contributed by atoms with Crippen molar-refractivity contribution in [3.05, 3.63) is 11.4 Å². The van der Waals surface area contributed by atoms with Crippen molar-refractivity contribution < 1.29 is 9.47 Å². The van der Waals surface area contributed by atoms with Gasteiger partial charge in [0.15, 0.2) is 11.6 Å².